The molecule has 0 amide bonds. The average Bonchev–Trinajstić information content (AvgIpc) is 2.31. The van der Waals surface area contributed by atoms with E-state index in [1.807, 2.05) is 35.2 Å². The minimum Gasteiger partial charge on any atom is -0.348 e. The first kappa shape index (κ1) is 11.1. The molecule has 0 aliphatic carbocycles. The molecule has 0 saturated carbocycles. The lowest BCUT2D eigenvalue weighted by Crippen LogP contribution is -2.40. The molecule has 1 aromatic rings. The molecule has 1 aliphatic rings. The number of nitrogens with zero attached hydrogens (tertiary/aromatic N) is 1. The number of likely N-dealkylation sites (tertiary alicyclic amines) is 1. The molecule has 1 fully saturated rings. The van der Waals surface area contributed by atoms with E-state index in [1.54, 1.807) is 0 Å². The highest BCUT2D eigenvalue weighted by molar-refractivity contribution is 7.80. The number of carbonyl (C=O) groups excluding carboxylic acids is 1. The van der Waals surface area contributed by atoms with Gasteiger partial charge in [0.15, 0.2) is 5.11 Å². The fourth-order valence-corrected chi connectivity index (χ4v) is 1.98. The number of rotatable bonds is 1. The van der Waals surface area contributed by atoms with Crippen LogP contribution in [0.1, 0.15) is 12.8 Å². The minimum absolute atomic E-state index is 0.332. The number of nitrogens with one attached hydrogen (secondary N) is 1. The highest BCUT2D eigenvalue weighted by atomic mass is 32.1. The molecule has 2 rings (SSSR count). The van der Waals surface area contributed by atoms with E-state index >= 15 is 0 Å². The van der Waals surface area contributed by atoms with E-state index in [9.17, 15) is 4.79 Å². The summed E-state index contributed by atoms with van der Waals surface area (Å²) in [7, 11) is 0. The van der Waals surface area contributed by atoms with E-state index in [0.717, 1.165) is 18.8 Å². The summed E-state index contributed by atoms with van der Waals surface area (Å²) in [6, 6.07) is 9.84. The van der Waals surface area contributed by atoms with Gasteiger partial charge >= 0.3 is 0 Å². The highest BCUT2D eigenvalue weighted by Crippen LogP contribution is 2.10. The fourth-order valence-electron chi connectivity index (χ4n) is 1.68. The Kier molecular flexibility index (Phi) is 3.51. The second-order valence-electron chi connectivity index (χ2n) is 3.82. The molecule has 0 aromatic heterocycles. The third kappa shape index (κ3) is 2.79. The van der Waals surface area contributed by atoms with Crippen molar-refractivity contribution in [2.24, 2.45) is 0 Å². The van der Waals surface area contributed by atoms with Gasteiger partial charge in [-0.3, -0.25) is 4.79 Å². The van der Waals surface area contributed by atoms with Crippen LogP contribution in [0.15, 0.2) is 30.3 Å². The largest absolute Gasteiger partial charge is 0.348 e. The lowest BCUT2D eigenvalue weighted by molar-refractivity contribution is -0.120. The third-order valence-corrected chi connectivity index (χ3v) is 2.99. The van der Waals surface area contributed by atoms with E-state index in [0.29, 0.717) is 23.7 Å². The topological polar surface area (TPSA) is 32.3 Å². The maximum Gasteiger partial charge on any atom is 0.173 e. The fraction of sp³-hybridized carbons (Fsp3) is 0.333. The van der Waals surface area contributed by atoms with Crippen LogP contribution < -0.4 is 5.32 Å². The molecule has 16 heavy (non-hydrogen) atoms. The number of piperidine rings is 1. The first-order valence-electron chi connectivity index (χ1n) is 5.38. The molecule has 1 aromatic carbocycles. The standard InChI is InChI=1S/C12H14N2OS/c15-11-6-8-14(9-7-11)12(16)13-10-4-2-1-3-5-10/h1-5H,6-9H2,(H,13,16). The van der Waals surface area contributed by atoms with Crippen LogP contribution >= 0.6 is 12.2 Å². The van der Waals surface area contributed by atoms with E-state index in [2.05, 4.69) is 5.32 Å². The summed E-state index contributed by atoms with van der Waals surface area (Å²) in [4.78, 5) is 13.1. The Bertz CT molecular complexity index is 381. The first-order chi connectivity index (χ1) is 7.75. The Balaban J connectivity index is 1.91. The van der Waals surface area contributed by atoms with Crippen molar-refractivity contribution >= 4 is 28.8 Å². The number of benzene rings is 1. The molecule has 0 unspecified atom stereocenters. The van der Waals surface area contributed by atoms with Crippen molar-refractivity contribution in [3.8, 4) is 0 Å². The summed E-state index contributed by atoms with van der Waals surface area (Å²) in [5.41, 5.74) is 0.990. The Morgan fingerprint density at radius 2 is 1.81 bits per heavy atom. The molecule has 0 atom stereocenters. The normalized spacial score (nSPS) is 16.0. The predicted molar refractivity (Wildman–Crippen MR) is 68.5 cm³/mol. The molecule has 3 nitrogen and oxygen atoms in total. The first-order valence-corrected chi connectivity index (χ1v) is 5.79. The van der Waals surface area contributed by atoms with Crippen molar-refractivity contribution in [1.29, 1.82) is 0 Å². The van der Waals surface area contributed by atoms with Crippen molar-refractivity contribution in [3.05, 3.63) is 30.3 Å². The SMILES string of the molecule is O=C1CCN(C(=S)Nc2ccccc2)CC1. The van der Waals surface area contributed by atoms with Crippen LogP contribution in [0.2, 0.25) is 0 Å². The van der Waals surface area contributed by atoms with E-state index in [1.165, 1.54) is 0 Å². The van der Waals surface area contributed by atoms with Crippen LogP contribution in [0.4, 0.5) is 5.69 Å². The lowest BCUT2D eigenvalue weighted by atomic mass is 10.1. The molecule has 1 N–H and O–H groups in total. The van der Waals surface area contributed by atoms with Crippen LogP contribution in [-0.2, 0) is 4.79 Å². The van der Waals surface area contributed by atoms with Gasteiger partial charge in [0.2, 0.25) is 0 Å². The molecule has 0 spiro atoms. The highest BCUT2D eigenvalue weighted by Gasteiger charge is 2.17. The van der Waals surface area contributed by atoms with Gasteiger partial charge in [-0.05, 0) is 24.4 Å². The third-order valence-electron chi connectivity index (χ3n) is 2.63. The molecule has 1 heterocycles. The van der Waals surface area contributed by atoms with Gasteiger partial charge in [-0.2, -0.15) is 0 Å². The Morgan fingerprint density at radius 1 is 1.19 bits per heavy atom. The number of carbonyl (C=O) groups is 1. The number of para-hydroxylation sites is 1. The van der Waals surface area contributed by atoms with Crippen LogP contribution in [0.5, 0.6) is 0 Å². The van der Waals surface area contributed by atoms with Gasteiger partial charge in [0.25, 0.3) is 0 Å². The molecule has 0 bridgehead atoms. The molecule has 0 radical (unpaired) electrons. The van der Waals surface area contributed by atoms with Crippen molar-refractivity contribution in [2.75, 3.05) is 18.4 Å². The van der Waals surface area contributed by atoms with Crippen molar-refractivity contribution in [3.63, 3.8) is 0 Å². The quantitative estimate of drug-likeness (QED) is 0.754. The number of ketones is 1. The Morgan fingerprint density at radius 3 is 2.44 bits per heavy atom. The molecular formula is C12H14N2OS. The minimum atomic E-state index is 0.332. The lowest BCUT2D eigenvalue weighted by Gasteiger charge is -2.28. The summed E-state index contributed by atoms with van der Waals surface area (Å²) in [6.07, 6.45) is 1.22. The van der Waals surface area contributed by atoms with E-state index < -0.39 is 0 Å². The summed E-state index contributed by atoms with van der Waals surface area (Å²) >= 11 is 5.30. The van der Waals surface area contributed by atoms with Crippen LogP contribution in [0.25, 0.3) is 0 Å². The summed E-state index contributed by atoms with van der Waals surface area (Å²) in [5.74, 6) is 0.332. The van der Waals surface area contributed by atoms with Gasteiger partial charge in [-0.25, -0.2) is 0 Å². The molecule has 4 heteroatoms. The molecule has 84 valence electrons. The van der Waals surface area contributed by atoms with Gasteiger partial charge in [0, 0.05) is 31.6 Å². The van der Waals surface area contributed by atoms with E-state index in [-0.39, 0.29) is 0 Å². The van der Waals surface area contributed by atoms with Crippen LogP contribution in [0.3, 0.4) is 0 Å². The predicted octanol–water partition coefficient (Wildman–Crippen LogP) is 2.05. The van der Waals surface area contributed by atoms with Gasteiger partial charge in [-0.1, -0.05) is 18.2 Å². The number of anilines is 1. The van der Waals surface area contributed by atoms with Gasteiger partial charge in [0.1, 0.15) is 5.78 Å². The molecular weight excluding hydrogens is 220 g/mol. The smallest absolute Gasteiger partial charge is 0.173 e. The van der Waals surface area contributed by atoms with Crippen molar-refractivity contribution in [1.82, 2.24) is 4.90 Å². The summed E-state index contributed by atoms with van der Waals surface area (Å²) in [5, 5.41) is 3.88. The monoisotopic (exact) mass is 234 g/mol. The summed E-state index contributed by atoms with van der Waals surface area (Å²) in [6.45, 7) is 1.47. The van der Waals surface area contributed by atoms with Gasteiger partial charge < -0.3 is 10.2 Å². The molecule has 1 aliphatic heterocycles. The zero-order valence-electron chi connectivity index (χ0n) is 8.98. The maximum absolute atomic E-state index is 11.1. The van der Waals surface area contributed by atoms with Crippen molar-refractivity contribution < 1.29 is 4.79 Å². The van der Waals surface area contributed by atoms with Gasteiger partial charge in [-0.15, -0.1) is 0 Å². The van der Waals surface area contributed by atoms with E-state index in [4.69, 9.17) is 12.2 Å². The second kappa shape index (κ2) is 5.07. The van der Waals surface area contributed by atoms with Crippen molar-refractivity contribution in [2.45, 2.75) is 12.8 Å². The van der Waals surface area contributed by atoms with Crippen LogP contribution in [0, 0.1) is 0 Å². The Labute approximate surface area is 100 Å². The zero-order chi connectivity index (χ0) is 11.4. The van der Waals surface area contributed by atoms with Gasteiger partial charge in [0.05, 0.1) is 0 Å². The van der Waals surface area contributed by atoms with Crippen LogP contribution in [-0.4, -0.2) is 28.9 Å². The number of hydrogen-bond acceptors (Lipinski definition) is 2. The Hall–Kier alpha value is -1.42. The number of thiocarbonyl (C=S) groups is 1. The number of hydrogen-bond donors (Lipinski definition) is 1. The zero-order valence-corrected chi connectivity index (χ0v) is 9.80. The maximum atomic E-state index is 11.1. The summed E-state index contributed by atoms with van der Waals surface area (Å²) < 4.78 is 0. The average molecular weight is 234 g/mol. The second-order valence-corrected chi connectivity index (χ2v) is 4.21. The number of Topliss-reactive ketones (excluding diaryl/α,β-unsaturated/α-hetero) is 1. The molecule has 1 saturated heterocycles.